The van der Waals surface area contributed by atoms with Gasteiger partial charge in [-0.25, -0.2) is 4.39 Å². The largest absolute Gasteiger partial charge is 0.314 e. The third kappa shape index (κ3) is 3.85. The van der Waals surface area contributed by atoms with Gasteiger partial charge in [-0.2, -0.15) is 0 Å². The van der Waals surface area contributed by atoms with Crippen LogP contribution in [0.25, 0.3) is 0 Å². The third-order valence-corrected chi connectivity index (χ3v) is 4.16. The Labute approximate surface area is 132 Å². The molecule has 1 atom stereocenters. The van der Waals surface area contributed by atoms with Crippen molar-refractivity contribution in [1.29, 1.82) is 0 Å². The van der Waals surface area contributed by atoms with Gasteiger partial charge in [-0.15, -0.1) is 24.8 Å². The van der Waals surface area contributed by atoms with Gasteiger partial charge in [0.15, 0.2) is 0 Å². The monoisotopic (exact) mass is 320 g/mol. The highest BCUT2D eigenvalue weighted by Gasteiger charge is 2.37. The average molecular weight is 321 g/mol. The Kier molecular flexibility index (Phi) is 6.73. The van der Waals surface area contributed by atoms with E-state index in [9.17, 15) is 4.39 Å². The fraction of sp³-hybridized carbons (Fsp3) is 0.600. The molecule has 0 amide bonds. The molecule has 114 valence electrons. The van der Waals surface area contributed by atoms with Gasteiger partial charge < -0.3 is 5.32 Å². The number of piperazine rings is 1. The van der Waals surface area contributed by atoms with Crippen molar-refractivity contribution in [3.63, 3.8) is 0 Å². The number of halogens is 3. The van der Waals surface area contributed by atoms with Gasteiger partial charge in [-0.1, -0.05) is 6.07 Å². The van der Waals surface area contributed by atoms with E-state index in [2.05, 4.69) is 10.2 Å². The molecule has 1 saturated carbocycles. The lowest BCUT2D eigenvalue weighted by molar-refractivity contribution is 0.155. The lowest BCUT2D eigenvalue weighted by Crippen LogP contribution is -2.45. The zero-order chi connectivity index (χ0) is 12.5. The van der Waals surface area contributed by atoms with Gasteiger partial charge in [0.05, 0.1) is 0 Å². The molecule has 3 rings (SSSR count). The highest BCUT2D eigenvalue weighted by molar-refractivity contribution is 5.85. The van der Waals surface area contributed by atoms with E-state index in [1.165, 1.54) is 18.4 Å². The Morgan fingerprint density at radius 3 is 2.40 bits per heavy atom. The van der Waals surface area contributed by atoms with Crippen molar-refractivity contribution in [2.75, 3.05) is 26.2 Å². The molecule has 1 aromatic carbocycles. The Balaban J connectivity index is 0.000001000. The molecule has 1 aliphatic carbocycles. The van der Waals surface area contributed by atoms with Crippen molar-refractivity contribution in [1.82, 2.24) is 10.2 Å². The molecule has 2 aliphatic rings. The van der Waals surface area contributed by atoms with Gasteiger partial charge >= 0.3 is 0 Å². The average Bonchev–Trinajstić information content (AvgIpc) is 3.18. The van der Waals surface area contributed by atoms with Crippen LogP contribution < -0.4 is 5.32 Å². The zero-order valence-electron chi connectivity index (χ0n) is 11.8. The van der Waals surface area contributed by atoms with Crippen LogP contribution in [0, 0.1) is 18.7 Å². The first kappa shape index (κ1) is 17.7. The number of hydrogen-bond acceptors (Lipinski definition) is 2. The quantitative estimate of drug-likeness (QED) is 0.919. The SMILES string of the molecule is Cc1cc(F)ccc1[C@H](C1CC1)N1CCNCC1.Cl.Cl. The van der Waals surface area contributed by atoms with Crippen LogP contribution in [0.4, 0.5) is 4.39 Å². The summed E-state index contributed by atoms with van der Waals surface area (Å²) in [7, 11) is 0. The molecule has 1 heterocycles. The Morgan fingerprint density at radius 1 is 1.20 bits per heavy atom. The van der Waals surface area contributed by atoms with Gasteiger partial charge in [0.1, 0.15) is 5.82 Å². The first-order valence-electron chi connectivity index (χ1n) is 6.96. The molecule has 20 heavy (non-hydrogen) atoms. The maximum Gasteiger partial charge on any atom is 0.123 e. The van der Waals surface area contributed by atoms with Crippen LogP contribution in [-0.4, -0.2) is 31.1 Å². The van der Waals surface area contributed by atoms with Gasteiger partial charge in [0.25, 0.3) is 0 Å². The highest BCUT2D eigenvalue weighted by atomic mass is 35.5. The summed E-state index contributed by atoms with van der Waals surface area (Å²) in [5.41, 5.74) is 2.44. The lowest BCUT2D eigenvalue weighted by atomic mass is 9.95. The van der Waals surface area contributed by atoms with E-state index in [1.54, 1.807) is 12.1 Å². The van der Waals surface area contributed by atoms with Crippen LogP contribution >= 0.6 is 24.8 Å². The van der Waals surface area contributed by atoms with Crippen molar-refractivity contribution in [3.8, 4) is 0 Å². The van der Waals surface area contributed by atoms with Crippen LogP contribution in [0.2, 0.25) is 0 Å². The summed E-state index contributed by atoms with van der Waals surface area (Å²) in [4.78, 5) is 2.58. The van der Waals surface area contributed by atoms with Gasteiger partial charge in [-0.3, -0.25) is 4.90 Å². The summed E-state index contributed by atoms with van der Waals surface area (Å²) >= 11 is 0. The number of rotatable bonds is 3. The number of nitrogens with one attached hydrogen (secondary N) is 1. The van der Waals surface area contributed by atoms with Gasteiger partial charge in [0, 0.05) is 32.2 Å². The van der Waals surface area contributed by atoms with Crippen molar-refractivity contribution in [2.24, 2.45) is 5.92 Å². The molecule has 0 unspecified atom stereocenters. The Hall–Kier alpha value is -0.350. The van der Waals surface area contributed by atoms with Crippen molar-refractivity contribution in [2.45, 2.75) is 25.8 Å². The second kappa shape index (κ2) is 7.60. The second-order valence-corrected chi connectivity index (χ2v) is 5.57. The molecule has 0 radical (unpaired) electrons. The normalized spacial score (nSPS) is 20.7. The van der Waals surface area contributed by atoms with Crippen LogP contribution in [0.3, 0.4) is 0 Å². The first-order chi connectivity index (χ1) is 8.75. The predicted molar refractivity (Wildman–Crippen MR) is 85.5 cm³/mol. The molecule has 0 spiro atoms. The molecular weight excluding hydrogens is 298 g/mol. The molecule has 0 bridgehead atoms. The summed E-state index contributed by atoms with van der Waals surface area (Å²) in [5.74, 6) is 0.665. The second-order valence-electron chi connectivity index (χ2n) is 5.57. The fourth-order valence-electron chi connectivity index (χ4n) is 3.09. The van der Waals surface area contributed by atoms with Crippen molar-refractivity contribution < 1.29 is 4.39 Å². The molecule has 2 nitrogen and oxygen atoms in total. The van der Waals surface area contributed by atoms with Crippen LogP contribution in [-0.2, 0) is 0 Å². The Morgan fingerprint density at radius 2 is 1.85 bits per heavy atom. The summed E-state index contributed by atoms with van der Waals surface area (Å²) in [6.07, 6.45) is 2.65. The molecule has 5 heteroatoms. The number of benzene rings is 1. The minimum Gasteiger partial charge on any atom is -0.314 e. The summed E-state index contributed by atoms with van der Waals surface area (Å²) < 4.78 is 13.2. The standard InChI is InChI=1S/C15H21FN2.2ClH/c1-11-10-13(16)4-5-14(11)15(12-2-3-12)18-8-6-17-7-9-18;;/h4-5,10,12,15,17H,2-3,6-9H2,1H3;2*1H/t15-;;/m0../s1. The maximum absolute atomic E-state index is 13.2. The first-order valence-corrected chi connectivity index (χ1v) is 6.96. The molecule has 1 N–H and O–H groups in total. The fourth-order valence-corrected chi connectivity index (χ4v) is 3.09. The smallest absolute Gasteiger partial charge is 0.123 e. The van der Waals surface area contributed by atoms with E-state index in [-0.39, 0.29) is 30.6 Å². The molecule has 1 saturated heterocycles. The molecule has 0 aromatic heterocycles. The third-order valence-electron chi connectivity index (χ3n) is 4.16. The van der Waals surface area contributed by atoms with E-state index in [4.69, 9.17) is 0 Å². The van der Waals surface area contributed by atoms with Crippen LogP contribution in [0.15, 0.2) is 18.2 Å². The van der Waals surface area contributed by atoms with E-state index in [1.807, 2.05) is 13.0 Å². The topological polar surface area (TPSA) is 15.3 Å². The molecular formula is C15H23Cl2FN2. The number of hydrogen-bond donors (Lipinski definition) is 1. The zero-order valence-corrected chi connectivity index (χ0v) is 13.4. The number of aryl methyl sites for hydroxylation is 1. The molecule has 1 aliphatic heterocycles. The molecule has 2 fully saturated rings. The number of nitrogens with zero attached hydrogens (tertiary/aromatic N) is 1. The minimum absolute atomic E-state index is 0. The van der Waals surface area contributed by atoms with Crippen molar-refractivity contribution in [3.05, 3.63) is 35.1 Å². The molecule has 1 aromatic rings. The summed E-state index contributed by atoms with van der Waals surface area (Å²) in [5, 5.41) is 3.40. The van der Waals surface area contributed by atoms with E-state index < -0.39 is 0 Å². The minimum atomic E-state index is -0.119. The van der Waals surface area contributed by atoms with E-state index in [0.717, 1.165) is 37.7 Å². The van der Waals surface area contributed by atoms with Crippen molar-refractivity contribution >= 4 is 24.8 Å². The van der Waals surface area contributed by atoms with E-state index >= 15 is 0 Å². The maximum atomic E-state index is 13.2. The summed E-state index contributed by atoms with van der Waals surface area (Å²) in [6, 6.07) is 5.79. The van der Waals surface area contributed by atoms with Crippen LogP contribution in [0.5, 0.6) is 0 Å². The Bertz CT molecular complexity index is 432. The predicted octanol–water partition coefficient (Wildman–Crippen LogP) is 3.33. The van der Waals surface area contributed by atoms with E-state index in [0.29, 0.717) is 6.04 Å². The van der Waals surface area contributed by atoms with Gasteiger partial charge in [-0.05, 0) is 48.9 Å². The van der Waals surface area contributed by atoms with Crippen LogP contribution in [0.1, 0.15) is 30.0 Å². The lowest BCUT2D eigenvalue weighted by Gasteiger charge is -2.36. The van der Waals surface area contributed by atoms with Gasteiger partial charge in [0.2, 0.25) is 0 Å². The summed E-state index contributed by atoms with van der Waals surface area (Å²) in [6.45, 7) is 6.40. The highest BCUT2D eigenvalue weighted by Crippen LogP contribution is 2.45.